The third kappa shape index (κ3) is 4.07. The van der Waals surface area contributed by atoms with Crippen LogP contribution in [0.15, 0.2) is 180 Å². The minimum atomic E-state index is -0.243. The Morgan fingerprint density at radius 2 is 1.19 bits per heavy atom. The second kappa shape index (κ2) is 11.1. The van der Waals surface area contributed by atoms with Gasteiger partial charge < -0.3 is 14.1 Å². The molecule has 0 amide bonds. The monoisotopic (exact) mass is 726 g/mol. The Morgan fingerprint density at radius 3 is 2.05 bits per heavy atom. The maximum atomic E-state index is 6.88. The maximum Gasteiger partial charge on any atom is 0.333 e. The topological polar surface area (TPSA) is 19.6 Å². The smallest absolute Gasteiger partial charge is 0.333 e. The summed E-state index contributed by atoms with van der Waals surface area (Å²) in [5, 5.41) is 7.28. The number of furan rings is 1. The molecule has 0 radical (unpaired) electrons. The van der Waals surface area contributed by atoms with Gasteiger partial charge in [0.15, 0.2) is 5.58 Å². The number of nitrogens with zero attached hydrogens (tertiary/aromatic N) is 2. The first-order valence-corrected chi connectivity index (χ1v) is 20.0. The SMILES string of the molecule is CC1(C)c2cc3ccccc3cc2N2c3c(cccc31)B1c3c(cc4ccccc4c32)-c2cc(-c3ccccc3)ccc2N1c1cccc2c1oc1ccccc12. The van der Waals surface area contributed by atoms with Crippen LogP contribution in [0.2, 0.25) is 0 Å². The lowest BCUT2D eigenvalue weighted by molar-refractivity contribution is 0.633. The highest BCUT2D eigenvalue weighted by molar-refractivity contribution is 6.94. The zero-order valence-electron chi connectivity index (χ0n) is 31.6. The summed E-state index contributed by atoms with van der Waals surface area (Å²) in [7, 11) is 0. The van der Waals surface area contributed by atoms with E-state index in [9.17, 15) is 0 Å². The first kappa shape index (κ1) is 31.2. The zero-order valence-corrected chi connectivity index (χ0v) is 31.6. The number of fused-ring (bicyclic) bond motifs is 12. The summed E-state index contributed by atoms with van der Waals surface area (Å²) in [5.74, 6) is 0. The number of rotatable bonds is 2. The van der Waals surface area contributed by atoms with Crippen molar-refractivity contribution in [1.29, 1.82) is 0 Å². The molecular formula is C53H35BN2O. The zero-order chi connectivity index (χ0) is 37.6. The van der Waals surface area contributed by atoms with Crippen LogP contribution in [0.4, 0.5) is 28.4 Å². The molecule has 0 spiro atoms. The third-order valence-corrected chi connectivity index (χ3v) is 13.1. The van der Waals surface area contributed by atoms with Gasteiger partial charge in [0.2, 0.25) is 0 Å². The Morgan fingerprint density at radius 1 is 0.474 bits per heavy atom. The molecule has 4 heteroatoms. The van der Waals surface area contributed by atoms with Crippen molar-refractivity contribution in [2.75, 3.05) is 9.71 Å². The van der Waals surface area contributed by atoms with Gasteiger partial charge in [-0.3, -0.25) is 0 Å². The molecule has 1 aromatic heterocycles. The first-order chi connectivity index (χ1) is 28.0. The molecule has 266 valence electrons. The van der Waals surface area contributed by atoms with E-state index in [-0.39, 0.29) is 12.3 Å². The van der Waals surface area contributed by atoms with Gasteiger partial charge in [-0.05, 0) is 97.4 Å². The molecule has 0 bridgehead atoms. The number of hydrogen-bond acceptors (Lipinski definition) is 3. The van der Waals surface area contributed by atoms with E-state index in [1.807, 2.05) is 0 Å². The normalized spacial score (nSPS) is 14.5. The summed E-state index contributed by atoms with van der Waals surface area (Å²) in [6.07, 6.45) is 0. The summed E-state index contributed by atoms with van der Waals surface area (Å²) < 4.78 is 6.88. The van der Waals surface area contributed by atoms with Crippen molar-refractivity contribution < 1.29 is 4.42 Å². The molecule has 0 aliphatic carbocycles. The van der Waals surface area contributed by atoms with Crippen LogP contribution in [0.3, 0.4) is 0 Å². The van der Waals surface area contributed by atoms with Crippen molar-refractivity contribution in [1.82, 2.24) is 0 Å². The van der Waals surface area contributed by atoms with Crippen molar-refractivity contribution in [3.63, 3.8) is 0 Å². The van der Waals surface area contributed by atoms with E-state index in [0.29, 0.717) is 0 Å². The molecule has 13 rings (SSSR count). The molecule has 3 nitrogen and oxygen atoms in total. The van der Waals surface area contributed by atoms with Crippen LogP contribution >= 0.6 is 0 Å². The van der Waals surface area contributed by atoms with Crippen LogP contribution in [0.25, 0.3) is 65.7 Å². The highest BCUT2D eigenvalue weighted by atomic mass is 16.3. The van der Waals surface area contributed by atoms with Crippen molar-refractivity contribution in [2.24, 2.45) is 0 Å². The first-order valence-electron chi connectivity index (χ1n) is 20.0. The van der Waals surface area contributed by atoms with Gasteiger partial charge in [-0.2, -0.15) is 0 Å². The van der Waals surface area contributed by atoms with Gasteiger partial charge in [0.05, 0.1) is 17.1 Å². The lowest BCUT2D eigenvalue weighted by Gasteiger charge is -2.50. The summed E-state index contributed by atoms with van der Waals surface area (Å²) in [6, 6.07) is 65.2. The number of para-hydroxylation sites is 3. The van der Waals surface area contributed by atoms with Crippen LogP contribution in [0, 0.1) is 0 Å². The summed E-state index contributed by atoms with van der Waals surface area (Å²) in [5.41, 5.74) is 17.8. The predicted molar refractivity (Wildman–Crippen MR) is 240 cm³/mol. The van der Waals surface area contributed by atoms with E-state index in [2.05, 4.69) is 199 Å². The second-order valence-electron chi connectivity index (χ2n) is 16.5. The minimum Gasteiger partial charge on any atom is -0.454 e. The van der Waals surface area contributed by atoms with E-state index in [1.54, 1.807) is 0 Å². The maximum absolute atomic E-state index is 6.88. The highest BCUT2D eigenvalue weighted by Crippen LogP contribution is 2.57. The van der Waals surface area contributed by atoms with Gasteiger partial charge in [0.25, 0.3) is 0 Å². The third-order valence-electron chi connectivity index (χ3n) is 13.1. The Hall–Kier alpha value is -7.04. The van der Waals surface area contributed by atoms with E-state index in [1.165, 1.54) is 88.6 Å². The fourth-order valence-corrected chi connectivity index (χ4v) is 10.6. The summed E-state index contributed by atoms with van der Waals surface area (Å²) >= 11 is 0. The fourth-order valence-electron chi connectivity index (χ4n) is 10.6. The molecule has 0 N–H and O–H groups in total. The molecule has 0 saturated carbocycles. The van der Waals surface area contributed by atoms with Crippen LogP contribution < -0.4 is 20.6 Å². The second-order valence-corrected chi connectivity index (χ2v) is 16.5. The number of anilines is 5. The molecule has 4 heterocycles. The average Bonchev–Trinajstić information content (AvgIpc) is 3.65. The molecule has 3 aliphatic heterocycles. The van der Waals surface area contributed by atoms with Gasteiger partial charge in [0.1, 0.15) is 5.58 Å². The van der Waals surface area contributed by atoms with Crippen LogP contribution in [-0.2, 0) is 5.41 Å². The predicted octanol–water partition coefficient (Wildman–Crippen LogP) is 12.9. The minimum absolute atomic E-state index is 0.127. The van der Waals surface area contributed by atoms with Crippen LogP contribution in [0.5, 0.6) is 0 Å². The molecule has 9 aromatic carbocycles. The lowest BCUT2D eigenvalue weighted by Crippen LogP contribution is -2.62. The Bertz CT molecular complexity index is 3360. The quantitative estimate of drug-likeness (QED) is 0.165. The van der Waals surface area contributed by atoms with E-state index in [0.717, 1.165) is 27.6 Å². The van der Waals surface area contributed by atoms with E-state index >= 15 is 0 Å². The Labute approximate surface area is 331 Å². The largest absolute Gasteiger partial charge is 0.454 e. The average molecular weight is 727 g/mol. The summed E-state index contributed by atoms with van der Waals surface area (Å²) in [6.45, 7) is 4.69. The Kier molecular flexibility index (Phi) is 6.05. The highest BCUT2D eigenvalue weighted by Gasteiger charge is 2.50. The molecular weight excluding hydrogens is 691 g/mol. The fraction of sp³-hybridized carbons (Fsp3) is 0.0566. The van der Waals surface area contributed by atoms with Crippen molar-refractivity contribution in [2.45, 2.75) is 19.3 Å². The van der Waals surface area contributed by atoms with Gasteiger partial charge in [-0.15, -0.1) is 0 Å². The van der Waals surface area contributed by atoms with Gasteiger partial charge in [0, 0.05) is 38.5 Å². The summed E-state index contributed by atoms with van der Waals surface area (Å²) in [4.78, 5) is 5.24. The molecule has 3 aliphatic rings. The van der Waals surface area contributed by atoms with E-state index in [4.69, 9.17) is 4.42 Å². The standard InChI is InChI=1S/C53H35BN2O/c1-53(2)42-22-13-23-44-51(42)55(47-31-34-17-7-6-16-33(34)30-43(47)53)50-37-19-9-8-18-36(37)29-41-40-28-35(32-14-4-3-5-15-32)26-27-45(40)56(54(44)49(41)50)46-24-12-21-39-38-20-10-11-25-48(38)57-52(39)46/h3-31H,1-2H3. The van der Waals surface area contributed by atoms with Crippen LogP contribution in [0.1, 0.15) is 25.0 Å². The van der Waals surface area contributed by atoms with Crippen molar-refractivity contribution in [3.05, 3.63) is 187 Å². The molecule has 0 atom stereocenters. The van der Waals surface area contributed by atoms with Crippen molar-refractivity contribution >= 4 is 89.7 Å². The molecule has 0 saturated heterocycles. The number of benzene rings is 9. The number of hydrogen-bond donors (Lipinski definition) is 0. The molecule has 0 fully saturated rings. The van der Waals surface area contributed by atoms with Gasteiger partial charge in [-0.25, -0.2) is 0 Å². The van der Waals surface area contributed by atoms with Gasteiger partial charge in [-0.1, -0.05) is 147 Å². The van der Waals surface area contributed by atoms with Crippen LogP contribution in [-0.4, -0.2) is 6.85 Å². The lowest BCUT2D eigenvalue weighted by atomic mass is 9.42. The Balaban J connectivity index is 1.21. The molecule has 10 aromatic rings. The van der Waals surface area contributed by atoms with E-state index < -0.39 is 0 Å². The van der Waals surface area contributed by atoms with Crippen molar-refractivity contribution in [3.8, 4) is 22.3 Å². The van der Waals surface area contributed by atoms with Gasteiger partial charge >= 0.3 is 6.85 Å². The molecule has 57 heavy (non-hydrogen) atoms. The molecule has 0 unspecified atom stereocenters.